The zero-order valence-electron chi connectivity index (χ0n) is 26.4. The molecule has 0 aromatic carbocycles. The van der Waals surface area contributed by atoms with Gasteiger partial charge in [0.1, 0.15) is 0 Å². The first-order valence-electron chi connectivity index (χ1n) is 17.3. The van der Waals surface area contributed by atoms with E-state index in [0.717, 1.165) is 44.9 Å². The van der Waals surface area contributed by atoms with Crippen molar-refractivity contribution in [3.63, 3.8) is 0 Å². The lowest BCUT2D eigenvalue weighted by atomic mass is 10.1. The number of ether oxygens (including phenoxy) is 1. The van der Waals surface area contributed by atoms with Crippen LogP contribution in [0.5, 0.6) is 0 Å². The molecule has 0 aromatic heterocycles. The molecule has 0 unspecified atom stereocenters. The van der Waals surface area contributed by atoms with Gasteiger partial charge >= 0.3 is 5.97 Å². The maximum absolute atomic E-state index is 11.9. The van der Waals surface area contributed by atoms with Gasteiger partial charge in [0.05, 0.1) is 12.7 Å². The monoisotopic (exact) mass is 549 g/mol. The van der Waals surface area contributed by atoms with E-state index in [2.05, 4.69) is 38.2 Å². The molecule has 0 heterocycles. The Morgan fingerprint density at radius 1 is 0.564 bits per heavy atom. The Balaban J connectivity index is 3.29. The van der Waals surface area contributed by atoms with Crippen LogP contribution in [0.3, 0.4) is 0 Å². The second-order valence-corrected chi connectivity index (χ2v) is 11.7. The highest BCUT2D eigenvalue weighted by Gasteiger charge is 2.03. The summed E-state index contributed by atoms with van der Waals surface area (Å²) in [5.41, 5.74) is 0. The van der Waals surface area contributed by atoms with Crippen molar-refractivity contribution in [2.24, 2.45) is 0 Å². The topological polar surface area (TPSA) is 46.5 Å². The highest BCUT2D eigenvalue weighted by atomic mass is 16.5. The summed E-state index contributed by atoms with van der Waals surface area (Å²) >= 11 is 0. The Kier molecular flexibility index (Phi) is 32.2. The molecule has 0 amide bonds. The van der Waals surface area contributed by atoms with Crippen molar-refractivity contribution in [3.8, 4) is 0 Å². The van der Waals surface area contributed by atoms with E-state index in [9.17, 15) is 9.90 Å². The Morgan fingerprint density at radius 2 is 1.00 bits per heavy atom. The lowest BCUT2D eigenvalue weighted by Crippen LogP contribution is -2.05. The number of carbonyl (C=O) groups excluding carboxylic acids is 1. The second-order valence-electron chi connectivity index (χ2n) is 11.7. The van der Waals surface area contributed by atoms with Crippen molar-refractivity contribution in [2.45, 2.75) is 193 Å². The molecule has 0 aliphatic rings. The molecular weight excluding hydrogens is 480 g/mol. The van der Waals surface area contributed by atoms with Gasteiger partial charge in [-0.3, -0.25) is 4.79 Å². The second kappa shape index (κ2) is 33.1. The fraction of sp³-hybridized carbons (Fsp3) is 0.861. The van der Waals surface area contributed by atoms with Crippen LogP contribution < -0.4 is 0 Å². The van der Waals surface area contributed by atoms with Crippen LogP contribution in [-0.2, 0) is 9.53 Å². The van der Waals surface area contributed by atoms with Gasteiger partial charge in [-0.1, -0.05) is 141 Å². The van der Waals surface area contributed by atoms with Crippen molar-refractivity contribution < 1.29 is 14.6 Å². The molecule has 0 saturated heterocycles. The van der Waals surface area contributed by atoms with Crippen molar-refractivity contribution in [1.82, 2.24) is 0 Å². The third-order valence-electron chi connectivity index (χ3n) is 7.64. The molecule has 0 radical (unpaired) electrons. The minimum absolute atomic E-state index is 0.0149. The van der Waals surface area contributed by atoms with Gasteiger partial charge in [-0.25, -0.2) is 0 Å². The number of rotatable bonds is 31. The van der Waals surface area contributed by atoms with E-state index in [4.69, 9.17) is 4.74 Å². The summed E-state index contributed by atoms with van der Waals surface area (Å²) in [4.78, 5) is 11.9. The number of allylic oxidation sites excluding steroid dienone is 3. The average molecular weight is 549 g/mol. The maximum atomic E-state index is 11.9. The van der Waals surface area contributed by atoms with Crippen molar-refractivity contribution >= 4 is 5.97 Å². The number of unbranched alkanes of at least 4 members (excludes halogenated alkanes) is 20. The first kappa shape index (κ1) is 37.9. The molecule has 0 fully saturated rings. The first-order chi connectivity index (χ1) is 19.2. The summed E-state index contributed by atoms with van der Waals surface area (Å²) in [5.74, 6) is -0.0149. The lowest BCUT2D eigenvalue weighted by Gasteiger charge is -2.07. The Hall–Kier alpha value is -1.09. The van der Waals surface area contributed by atoms with Gasteiger partial charge < -0.3 is 9.84 Å². The van der Waals surface area contributed by atoms with Crippen LogP contribution in [0.25, 0.3) is 0 Å². The fourth-order valence-corrected chi connectivity index (χ4v) is 4.97. The van der Waals surface area contributed by atoms with E-state index >= 15 is 0 Å². The summed E-state index contributed by atoms with van der Waals surface area (Å²) < 4.78 is 5.41. The molecule has 39 heavy (non-hydrogen) atoms. The number of hydrogen-bond donors (Lipinski definition) is 1. The van der Waals surface area contributed by atoms with Gasteiger partial charge in [0.25, 0.3) is 0 Å². The molecule has 0 saturated carbocycles. The van der Waals surface area contributed by atoms with Gasteiger partial charge in [-0.15, -0.1) is 0 Å². The third kappa shape index (κ3) is 33.0. The molecule has 0 aromatic rings. The molecule has 0 aliphatic heterocycles. The minimum atomic E-state index is -0.167. The molecule has 3 nitrogen and oxygen atoms in total. The predicted molar refractivity (Wildman–Crippen MR) is 171 cm³/mol. The molecule has 0 aliphatic carbocycles. The third-order valence-corrected chi connectivity index (χ3v) is 7.64. The number of hydrogen-bond acceptors (Lipinski definition) is 3. The quantitative estimate of drug-likeness (QED) is 0.0532. The zero-order chi connectivity index (χ0) is 28.5. The summed E-state index contributed by atoms with van der Waals surface area (Å²) in [6.07, 6.45) is 41.1. The average Bonchev–Trinajstić information content (AvgIpc) is 2.93. The molecule has 3 heteroatoms. The standard InChI is InChI=1S/C36H68O3/c1-3-5-7-9-10-11-12-13-14-15-16-17-20-23-26-30-34-39-36(38)33-29-25-22-19-18-21-24-28-32-35(37)31-27-8-6-4-2/h13-14,24,28,35,37H,3-12,15-23,25-27,29-34H2,1-2H3/b14-13-,28-24-/t35-/m0/s1. The van der Waals surface area contributed by atoms with E-state index in [0.29, 0.717) is 13.0 Å². The lowest BCUT2D eigenvalue weighted by molar-refractivity contribution is -0.143. The summed E-state index contributed by atoms with van der Waals surface area (Å²) in [5, 5.41) is 9.98. The maximum Gasteiger partial charge on any atom is 0.305 e. The number of carbonyl (C=O) groups is 1. The number of esters is 1. The van der Waals surface area contributed by atoms with Gasteiger partial charge in [-0.05, 0) is 64.2 Å². The van der Waals surface area contributed by atoms with Gasteiger partial charge in [0.15, 0.2) is 0 Å². The van der Waals surface area contributed by atoms with Crippen molar-refractivity contribution in [1.29, 1.82) is 0 Å². The summed E-state index contributed by atoms with van der Waals surface area (Å²) in [7, 11) is 0. The predicted octanol–water partition coefficient (Wildman–Crippen LogP) is 11.6. The summed E-state index contributed by atoms with van der Waals surface area (Å²) in [6.45, 7) is 5.09. The number of aliphatic hydroxyl groups is 1. The molecule has 1 atom stereocenters. The molecule has 1 N–H and O–H groups in total. The molecular formula is C36H68O3. The Bertz CT molecular complexity index is 539. The van der Waals surface area contributed by atoms with E-state index in [1.807, 2.05) is 0 Å². The van der Waals surface area contributed by atoms with Crippen molar-refractivity contribution in [2.75, 3.05) is 6.61 Å². The van der Waals surface area contributed by atoms with Gasteiger partial charge in [0, 0.05) is 6.42 Å². The van der Waals surface area contributed by atoms with Crippen LogP contribution in [0.1, 0.15) is 187 Å². The van der Waals surface area contributed by atoms with Crippen LogP contribution in [-0.4, -0.2) is 23.8 Å². The molecule has 0 rings (SSSR count). The molecule has 0 bridgehead atoms. The van der Waals surface area contributed by atoms with Crippen LogP contribution in [0, 0.1) is 0 Å². The van der Waals surface area contributed by atoms with Crippen LogP contribution in [0.2, 0.25) is 0 Å². The fourth-order valence-electron chi connectivity index (χ4n) is 4.97. The molecule has 230 valence electrons. The van der Waals surface area contributed by atoms with Crippen LogP contribution >= 0.6 is 0 Å². The van der Waals surface area contributed by atoms with Crippen LogP contribution in [0.4, 0.5) is 0 Å². The smallest absolute Gasteiger partial charge is 0.305 e. The summed E-state index contributed by atoms with van der Waals surface area (Å²) in [6, 6.07) is 0. The largest absolute Gasteiger partial charge is 0.466 e. The Labute approximate surface area is 244 Å². The Morgan fingerprint density at radius 3 is 1.56 bits per heavy atom. The first-order valence-corrected chi connectivity index (χ1v) is 17.3. The normalized spacial score (nSPS) is 12.6. The number of aliphatic hydroxyl groups excluding tert-OH is 1. The van der Waals surface area contributed by atoms with E-state index in [-0.39, 0.29) is 12.1 Å². The zero-order valence-corrected chi connectivity index (χ0v) is 26.4. The van der Waals surface area contributed by atoms with Gasteiger partial charge in [-0.2, -0.15) is 0 Å². The highest BCUT2D eigenvalue weighted by molar-refractivity contribution is 5.69. The SMILES string of the molecule is CCCCCCCC/C=C\CCCCCCCCOC(=O)CCCCCCC/C=C\C[C@@H](O)CCCCCC. The van der Waals surface area contributed by atoms with Gasteiger partial charge in [0.2, 0.25) is 0 Å². The van der Waals surface area contributed by atoms with Crippen molar-refractivity contribution in [3.05, 3.63) is 24.3 Å². The van der Waals surface area contributed by atoms with Crippen LogP contribution in [0.15, 0.2) is 24.3 Å². The minimum Gasteiger partial charge on any atom is -0.466 e. The highest BCUT2D eigenvalue weighted by Crippen LogP contribution is 2.12. The van der Waals surface area contributed by atoms with E-state index < -0.39 is 0 Å². The van der Waals surface area contributed by atoms with E-state index in [1.165, 1.54) is 122 Å². The van der Waals surface area contributed by atoms with E-state index in [1.54, 1.807) is 0 Å². The molecule has 0 spiro atoms.